The molecular weight excluding hydrogens is 290 g/mol. The number of aromatic hydroxyl groups is 1. The summed E-state index contributed by atoms with van der Waals surface area (Å²) in [5.41, 5.74) is 9.61. The normalized spacial score (nSPS) is 18.0. The summed E-state index contributed by atoms with van der Waals surface area (Å²) in [4.78, 5) is 4.46. The lowest BCUT2D eigenvalue weighted by Gasteiger charge is -2.26. The number of aliphatic hydroxyl groups is 1. The van der Waals surface area contributed by atoms with Gasteiger partial charge in [0, 0.05) is 24.3 Å². The van der Waals surface area contributed by atoms with Gasteiger partial charge in [0.05, 0.1) is 5.69 Å². The molecule has 0 saturated carbocycles. The number of anilines is 1. The lowest BCUT2D eigenvalue weighted by atomic mass is 9.87. The summed E-state index contributed by atoms with van der Waals surface area (Å²) in [5.74, 6) is 1.00. The zero-order valence-corrected chi connectivity index (χ0v) is 13.1. The van der Waals surface area contributed by atoms with Gasteiger partial charge in [0.25, 0.3) is 0 Å². The molecule has 1 saturated heterocycles. The van der Waals surface area contributed by atoms with Crippen LogP contribution in [0.5, 0.6) is 5.75 Å². The fourth-order valence-electron chi connectivity index (χ4n) is 3.31. The van der Waals surface area contributed by atoms with Gasteiger partial charge in [-0.2, -0.15) is 0 Å². The Bertz CT molecular complexity index is 682. The number of phenols is 1. The minimum atomic E-state index is 0.0506. The number of rotatable bonds is 4. The molecule has 1 aliphatic heterocycles. The Hall–Kier alpha value is -2.11. The van der Waals surface area contributed by atoms with Gasteiger partial charge in [-0.05, 0) is 55.5 Å². The maximum Gasteiger partial charge on any atom is 0.127 e. The zero-order chi connectivity index (χ0) is 16.2. The minimum Gasteiger partial charge on any atom is -0.507 e. The maximum absolute atomic E-state index is 10.1. The first-order valence-electron chi connectivity index (χ1n) is 8.10. The summed E-state index contributed by atoms with van der Waals surface area (Å²) in [6.45, 7) is 2.00. The first-order chi connectivity index (χ1) is 11.2. The number of phenolic OH excluding ortho intramolecular Hbond substituents is 1. The number of piperidine rings is 1. The lowest BCUT2D eigenvalue weighted by molar-refractivity contribution is 0.299. The molecule has 1 fully saturated rings. The summed E-state index contributed by atoms with van der Waals surface area (Å²) in [7, 11) is 0. The molecule has 0 spiro atoms. The second kappa shape index (κ2) is 6.98. The third-order valence-electron chi connectivity index (χ3n) is 4.47. The van der Waals surface area contributed by atoms with Gasteiger partial charge in [-0.3, -0.25) is 0 Å². The van der Waals surface area contributed by atoms with E-state index in [1.54, 1.807) is 12.1 Å². The molecule has 5 heteroatoms. The largest absolute Gasteiger partial charge is 0.507 e. The number of nitrogens with zero attached hydrogens (tertiary/aromatic N) is 1. The van der Waals surface area contributed by atoms with Crippen molar-refractivity contribution in [3.63, 3.8) is 0 Å². The summed E-state index contributed by atoms with van der Waals surface area (Å²) < 4.78 is 0. The van der Waals surface area contributed by atoms with E-state index in [2.05, 4.69) is 10.3 Å². The van der Waals surface area contributed by atoms with Crippen LogP contribution >= 0.6 is 0 Å². The van der Waals surface area contributed by atoms with Crippen molar-refractivity contribution in [1.82, 2.24) is 10.3 Å². The molecule has 1 aliphatic rings. The molecule has 3 rings (SSSR count). The number of para-hydroxylation sites is 1. The molecule has 5 nitrogen and oxygen atoms in total. The fraction of sp³-hybridized carbons (Fsp3) is 0.389. The Labute approximate surface area is 136 Å². The van der Waals surface area contributed by atoms with Crippen molar-refractivity contribution in [1.29, 1.82) is 0 Å². The topological polar surface area (TPSA) is 91.4 Å². The van der Waals surface area contributed by atoms with Gasteiger partial charge in [-0.25, -0.2) is 4.98 Å². The molecule has 0 bridgehead atoms. The van der Waals surface area contributed by atoms with Gasteiger partial charge in [0.1, 0.15) is 11.6 Å². The van der Waals surface area contributed by atoms with Crippen LogP contribution in [0, 0.1) is 0 Å². The van der Waals surface area contributed by atoms with E-state index in [0.29, 0.717) is 29.4 Å². The monoisotopic (exact) mass is 313 g/mol. The summed E-state index contributed by atoms with van der Waals surface area (Å²) >= 11 is 0. The van der Waals surface area contributed by atoms with Crippen LogP contribution in [-0.4, -0.2) is 34.9 Å². The quantitative estimate of drug-likeness (QED) is 0.693. The second-order valence-electron chi connectivity index (χ2n) is 5.99. The summed E-state index contributed by atoms with van der Waals surface area (Å²) in [5, 5.41) is 22.9. The van der Waals surface area contributed by atoms with E-state index < -0.39 is 0 Å². The van der Waals surface area contributed by atoms with E-state index in [1.807, 2.05) is 18.2 Å². The number of aromatic nitrogens is 1. The highest BCUT2D eigenvalue weighted by Gasteiger charge is 2.22. The van der Waals surface area contributed by atoms with Gasteiger partial charge in [0.15, 0.2) is 0 Å². The van der Waals surface area contributed by atoms with Crippen LogP contribution in [0.1, 0.15) is 29.9 Å². The van der Waals surface area contributed by atoms with Gasteiger partial charge in [-0.15, -0.1) is 0 Å². The van der Waals surface area contributed by atoms with Gasteiger partial charge >= 0.3 is 0 Å². The van der Waals surface area contributed by atoms with Gasteiger partial charge in [0.2, 0.25) is 0 Å². The summed E-state index contributed by atoms with van der Waals surface area (Å²) in [6, 6.07) is 9.17. The average molecular weight is 313 g/mol. The fourth-order valence-corrected chi connectivity index (χ4v) is 3.31. The molecular formula is C18H23N3O2. The zero-order valence-electron chi connectivity index (χ0n) is 13.1. The third-order valence-corrected chi connectivity index (χ3v) is 4.47. The highest BCUT2D eigenvalue weighted by molar-refractivity contribution is 5.70. The number of hydrogen-bond acceptors (Lipinski definition) is 5. The van der Waals surface area contributed by atoms with Crippen molar-refractivity contribution in [2.75, 3.05) is 25.4 Å². The van der Waals surface area contributed by atoms with Crippen molar-refractivity contribution in [3.8, 4) is 17.0 Å². The lowest BCUT2D eigenvalue weighted by Crippen LogP contribution is -2.29. The van der Waals surface area contributed by atoms with Crippen molar-refractivity contribution in [2.45, 2.75) is 25.2 Å². The highest BCUT2D eigenvalue weighted by Crippen LogP contribution is 2.35. The average Bonchev–Trinajstić information content (AvgIpc) is 2.58. The standard InChI is InChI=1S/C18H23N3O2/c19-18-13(7-9-22)15(12-4-3-8-20-11-12)10-16(21-18)14-5-1-2-6-17(14)23/h1-2,5-6,10,12,20,22-23H,3-4,7-9,11H2,(H2,19,21). The molecule has 2 heterocycles. The molecule has 0 amide bonds. The maximum atomic E-state index is 10.1. The third kappa shape index (κ3) is 3.30. The van der Waals surface area contributed by atoms with Crippen LogP contribution in [0.4, 0.5) is 5.82 Å². The minimum absolute atomic E-state index is 0.0506. The number of nitrogen functional groups attached to an aromatic ring is 1. The van der Waals surface area contributed by atoms with Crippen molar-refractivity contribution in [2.24, 2.45) is 0 Å². The van der Waals surface area contributed by atoms with E-state index >= 15 is 0 Å². The predicted octanol–water partition coefficient (Wildman–Crippen LogP) is 2.04. The molecule has 122 valence electrons. The van der Waals surface area contributed by atoms with E-state index in [4.69, 9.17) is 5.73 Å². The van der Waals surface area contributed by atoms with Crippen LogP contribution in [0.25, 0.3) is 11.3 Å². The molecule has 5 N–H and O–H groups in total. The molecule has 23 heavy (non-hydrogen) atoms. The van der Waals surface area contributed by atoms with Gasteiger partial charge in [-0.1, -0.05) is 12.1 Å². The Kier molecular flexibility index (Phi) is 4.79. The number of pyridine rings is 1. The number of hydrogen-bond donors (Lipinski definition) is 4. The molecule has 0 radical (unpaired) electrons. The first kappa shape index (κ1) is 15.8. The number of nitrogens with two attached hydrogens (primary N) is 1. The Morgan fingerprint density at radius 2 is 2.13 bits per heavy atom. The number of nitrogens with one attached hydrogen (secondary N) is 1. The van der Waals surface area contributed by atoms with Crippen LogP contribution in [0.2, 0.25) is 0 Å². The first-order valence-corrected chi connectivity index (χ1v) is 8.10. The van der Waals surface area contributed by atoms with Crippen LogP contribution < -0.4 is 11.1 Å². The van der Waals surface area contributed by atoms with E-state index in [0.717, 1.165) is 37.1 Å². The smallest absolute Gasteiger partial charge is 0.127 e. The van der Waals surface area contributed by atoms with E-state index in [-0.39, 0.29) is 12.4 Å². The van der Waals surface area contributed by atoms with Crippen molar-refractivity contribution < 1.29 is 10.2 Å². The summed E-state index contributed by atoms with van der Waals surface area (Å²) in [6.07, 6.45) is 2.72. The SMILES string of the molecule is Nc1nc(-c2ccccc2O)cc(C2CCCNC2)c1CCO. The number of benzene rings is 1. The Morgan fingerprint density at radius 3 is 2.83 bits per heavy atom. The second-order valence-corrected chi connectivity index (χ2v) is 5.99. The molecule has 1 unspecified atom stereocenters. The van der Waals surface area contributed by atoms with Crippen molar-refractivity contribution >= 4 is 5.82 Å². The van der Waals surface area contributed by atoms with E-state index in [1.165, 1.54) is 0 Å². The Morgan fingerprint density at radius 1 is 1.30 bits per heavy atom. The van der Waals surface area contributed by atoms with E-state index in [9.17, 15) is 10.2 Å². The molecule has 1 atom stereocenters. The predicted molar refractivity (Wildman–Crippen MR) is 91.4 cm³/mol. The van der Waals surface area contributed by atoms with Gasteiger partial charge < -0.3 is 21.3 Å². The van der Waals surface area contributed by atoms with Crippen molar-refractivity contribution in [3.05, 3.63) is 41.5 Å². The number of aliphatic hydroxyl groups excluding tert-OH is 1. The Balaban J connectivity index is 2.09. The molecule has 0 aliphatic carbocycles. The van der Waals surface area contributed by atoms with Crippen LogP contribution in [0.3, 0.4) is 0 Å². The molecule has 1 aromatic carbocycles. The highest BCUT2D eigenvalue weighted by atomic mass is 16.3. The van der Waals surface area contributed by atoms with Crippen LogP contribution in [-0.2, 0) is 6.42 Å². The van der Waals surface area contributed by atoms with Crippen LogP contribution in [0.15, 0.2) is 30.3 Å². The molecule has 2 aromatic rings. The molecule has 1 aromatic heterocycles.